The number of para-hydroxylation sites is 2. The van der Waals surface area contributed by atoms with E-state index in [1.807, 2.05) is 36.4 Å². The van der Waals surface area contributed by atoms with Crippen LogP contribution in [0.5, 0.6) is 11.5 Å². The molecule has 0 spiro atoms. The lowest BCUT2D eigenvalue weighted by molar-refractivity contribution is -0.130. The highest BCUT2D eigenvalue weighted by atomic mass is 16.6. The Bertz CT molecular complexity index is 616. The summed E-state index contributed by atoms with van der Waals surface area (Å²) < 4.78 is 11.2. The molecule has 1 aliphatic heterocycles. The van der Waals surface area contributed by atoms with Gasteiger partial charge in [0.25, 0.3) is 5.91 Å². The fraction of sp³-hybridized carbons (Fsp3) is 0.250. The predicted molar refractivity (Wildman–Crippen MR) is 77.3 cm³/mol. The summed E-state index contributed by atoms with van der Waals surface area (Å²) in [5.74, 6) is 1.11. The monoisotopic (exact) mass is 284 g/mol. The standard InChI is InChI=1S/C16H16N2O3/c19-16(18-10-8-12-5-3-4-9-17-12)15-11-20-13-6-1-2-7-14(13)21-15/h1-7,9,15H,8,10-11H2,(H,18,19)/t15-/m1/s1. The average molecular weight is 284 g/mol. The molecule has 1 aromatic heterocycles. The molecule has 0 unspecified atom stereocenters. The van der Waals surface area contributed by atoms with Crippen molar-refractivity contribution >= 4 is 5.91 Å². The fourth-order valence-electron chi connectivity index (χ4n) is 2.12. The van der Waals surface area contributed by atoms with Gasteiger partial charge in [-0.05, 0) is 24.3 Å². The largest absolute Gasteiger partial charge is 0.485 e. The third kappa shape index (κ3) is 3.31. The van der Waals surface area contributed by atoms with E-state index in [4.69, 9.17) is 9.47 Å². The number of pyridine rings is 1. The summed E-state index contributed by atoms with van der Waals surface area (Å²) in [5, 5.41) is 2.85. The molecule has 1 N–H and O–H groups in total. The Balaban J connectivity index is 1.50. The lowest BCUT2D eigenvalue weighted by atomic mass is 10.2. The molecule has 5 heteroatoms. The Morgan fingerprint density at radius 3 is 2.81 bits per heavy atom. The second-order valence-electron chi connectivity index (χ2n) is 4.73. The van der Waals surface area contributed by atoms with Crippen molar-refractivity contribution in [2.75, 3.05) is 13.2 Å². The van der Waals surface area contributed by atoms with Crippen LogP contribution in [0.2, 0.25) is 0 Å². The molecule has 21 heavy (non-hydrogen) atoms. The van der Waals surface area contributed by atoms with Gasteiger partial charge < -0.3 is 14.8 Å². The molecule has 0 radical (unpaired) electrons. The van der Waals surface area contributed by atoms with Gasteiger partial charge in [0, 0.05) is 24.9 Å². The third-order valence-corrected chi connectivity index (χ3v) is 3.21. The molecule has 0 aliphatic carbocycles. The van der Waals surface area contributed by atoms with Gasteiger partial charge in [-0.2, -0.15) is 0 Å². The van der Waals surface area contributed by atoms with Gasteiger partial charge in [-0.15, -0.1) is 0 Å². The summed E-state index contributed by atoms with van der Waals surface area (Å²) in [7, 11) is 0. The normalized spacial score (nSPS) is 16.3. The van der Waals surface area contributed by atoms with Crippen LogP contribution < -0.4 is 14.8 Å². The number of amides is 1. The first kappa shape index (κ1) is 13.4. The van der Waals surface area contributed by atoms with Crippen LogP contribution in [0.3, 0.4) is 0 Å². The molecule has 2 heterocycles. The summed E-state index contributed by atoms with van der Waals surface area (Å²) in [6, 6.07) is 13.1. The van der Waals surface area contributed by atoms with Crippen LogP contribution >= 0.6 is 0 Å². The number of hydrogen-bond acceptors (Lipinski definition) is 4. The van der Waals surface area contributed by atoms with Gasteiger partial charge in [-0.1, -0.05) is 18.2 Å². The number of benzene rings is 1. The Kier molecular flexibility index (Phi) is 4.00. The van der Waals surface area contributed by atoms with E-state index in [1.165, 1.54) is 0 Å². The fourth-order valence-corrected chi connectivity index (χ4v) is 2.12. The number of carbonyl (C=O) groups excluding carboxylic acids is 1. The molecule has 0 bridgehead atoms. The first-order valence-electron chi connectivity index (χ1n) is 6.89. The number of aromatic nitrogens is 1. The number of fused-ring (bicyclic) bond motifs is 1. The molecule has 5 nitrogen and oxygen atoms in total. The van der Waals surface area contributed by atoms with Gasteiger partial charge in [0.2, 0.25) is 6.10 Å². The molecule has 1 atom stereocenters. The maximum Gasteiger partial charge on any atom is 0.264 e. The molecule has 2 aromatic rings. The van der Waals surface area contributed by atoms with Crippen molar-refractivity contribution in [1.82, 2.24) is 10.3 Å². The lowest BCUT2D eigenvalue weighted by Gasteiger charge is -2.25. The van der Waals surface area contributed by atoms with Crippen molar-refractivity contribution in [3.8, 4) is 11.5 Å². The molecule has 0 saturated heterocycles. The first-order chi connectivity index (χ1) is 10.3. The third-order valence-electron chi connectivity index (χ3n) is 3.21. The Morgan fingerprint density at radius 2 is 2.00 bits per heavy atom. The predicted octanol–water partition coefficient (Wildman–Crippen LogP) is 1.58. The summed E-state index contributed by atoms with van der Waals surface area (Å²) in [6.07, 6.45) is 1.83. The maximum atomic E-state index is 12.1. The zero-order valence-corrected chi connectivity index (χ0v) is 11.5. The van der Waals surface area contributed by atoms with Crippen molar-refractivity contribution in [2.24, 2.45) is 0 Å². The zero-order chi connectivity index (χ0) is 14.5. The summed E-state index contributed by atoms with van der Waals surface area (Å²) >= 11 is 0. The van der Waals surface area contributed by atoms with Crippen LogP contribution in [0.4, 0.5) is 0 Å². The van der Waals surface area contributed by atoms with Crippen LogP contribution in [0.1, 0.15) is 5.69 Å². The molecule has 1 aromatic carbocycles. The molecule has 0 saturated carbocycles. The SMILES string of the molecule is O=C(NCCc1ccccn1)[C@H]1COc2ccccc2O1. The molecule has 108 valence electrons. The van der Waals surface area contributed by atoms with E-state index in [2.05, 4.69) is 10.3 Å². The summed E-state index contributed by atoms with van der Waals surface area (Å²) in [6.45, 7) is 0.754. The number of nitrogens with zero attached hydrogens (tertiary/aromatic N) is 1. The second-order valence-corrected chi connectivity index (χ2v) is 4.73. The highest BCUT2D eigenvalue weighted by molar-refractivity contribution is 5.81. The molecule has 1 amide bonds. The minimum Gasteiger partial charge on any atom is -0.485 e. The Hall–Kier alpha value is -2.56. The van der Waals surface area contributed by atoms with E-state index in [1.54, 1.807) is 12.3 Å². The first-order valence-corrected chi connectivity index (χ1v) is 6.89. The van der Waals surface area contributed by atoms with Gasteiger partial charge in [0.05, 0.1) is 0 Å². The quantitative estimate of drug-likeness (QED) is 0.926. The molecular weight excluding hydrogens is 268 g/mol. The zero-order valence-electron chi connectivity index (χ0n) is 11.5. The van der Waals surface area contributed by atoms with E-state index >= 15 is 0 Å². The van der Waals surface area contributed by atoms with Gasteiger partial charge >= 0.3 is 0 Å². The summed E-state index contributed by atoms with van der Waals surface area (Å²) in [5.41, 5.74) is 0.948. The van der Waals surface area contributed by atoms with Crippen LogP contribution in [-0.2, 0) is 11.2 Å². The minimum absolute atomic E-state index is 0.166. The molecule has 1 aliphatic rings. The maximum absolute atomic E-state index is 12.1. The number of hydrogen-bond donors (Lipinski definition) is 1. The van der Waals surface area contributed by atoms with Crippen molar-refractivity contribution < 1.29 is 14.3 Å². The number of carbonyl (C=O) groups is 1. The Morgan fingerprint density at radius 1 is 1.19 bits per heavy atom. The van der Waals surface area contributed by atoms with Crippen LogP contribution in [0, 0.1) is 0 Å². The summed E-state index contributed by atoms with van der Waals surface area (Å²) in [4.78, 5) is 16.3. The average Bonchev–Trinajstić information content (AvgIpc) is 2.55. The van der Waals surface area contributed by atoms with Gasteiger partial charge in [-0.25, -0.2) is 0 Å². The van der Waals surface area contributed by atoms with Crippen molar-refractivity contribution in [1.29, 1.82) is 0 Å². The van der Waals surface area contributed by atoms with Crippen molar-refractivity contribution in [3.63, 3.8) is 0 Å². The van der Waals surface area contributed by atoms with Crippen LogP contribution in [-0.4, -0.2) is 30.1 Å². The Labute approximate surface area is 122 Å². The van der Waals surface area contributed by atoms with E-state index in [9.17, 15) is 4.79 Å². The number of nitrogens with one attached hydrogen (secondary N) is 1. The molecule has 3 rings (SSSR count). The van der Waals surface area contributed by atoms with E-state index < -0.39 is 6.10 Å². The smallest absolute Gasteiger partial charge is 0.264 e. The topological polar surface area (TPSA) is 60.5 Å². The number of ether oxygens (including phenoxy) is 2. The van der Waals surface area contributed by atoms with Gasteiger partial charge in [0.1, 0.15) is 6.61 Å². The van der Waals surface area contributed by atoms with E-state index in [0.717, 1.165) is 5.69 Å². The second kappa shape index (κ2) is 6.26. The lowest BCUT2D eigenvalue weighted by Crippen LogP contribution is -2.44. The molecular formula is C16H16N2O3. The number of rotatable bonds is 4. The van der Waals surface area contributed by atoms with Crippen molar-refractivity contribution in [3.05, 3.63) is 54.4 Å². The van der Waals surface area contributed by atoms with Crippen LogP contribution in [0.15, 0.2) is 48.7 Å². The van der Waals surface area contributed by atoms with Gasteiger partial charge in [0.15, 0.2) is 11.5 Å². The molecule has 0 fully saturated rings. The van der Waals surface area contributed by atoms with E-state index in [0.29, 0.717) is 24.5 Å². The minimum atomic E-state index is -0.608. The van der Waals surface area contributed by atoms with Crippen molar-refractivity contribution in [2.45, 2.75) is 12.5 Å². The van der Waals surface area contributed by atoms with Crippen LogP contribution in [0.25, 0.3) is 0 Å². The van der Waals surface area contributed by atoms with Gasteiger partial charge in [-0.3, -0.25) is 9.78 Å². The highest BCUT2D eigenvalue weighted by Crippen LogP contribution is 2.30. The van der Waals surface area contributed by atoms with E-state index in [-0.39, 0.29) is 12.5 Å². The highest BCUT2D eigenvalue weighted by Gasteiger charge is 2.26.